The van der Waals surface area contributed by atoms with Crippen LogP contribution in [0.2, 0.25) is 0 Å². The first kappa shape index (κ1) is 17.6. The largest absolute Gasteiger partial charge is 0.198 e. The fourth-order valence-electron chi connectivity index (χ4n) is 4.91. The molecule has 0 heterocycles. The van der Waals surface area contributed by atoms with E-state index in [-0.39, 0.29) is 0 Å². The molecule has 0 amide bonds. The number of nitrogens with zero attached hydrogens (tertiary/aromatic N) is 1. The van der Waals surface area contributed by atoms with Gasteiger partial charge in [0.25, 0.3) is 0 Å². The van der Waals surface area contributed by atoms with Gasteiger partial charge in [0, 0.05) is 6.42 Å². The SMILES string of the molecule is N#CCC1CC(c2ccccc2)C(c2ccccc2)C(c2ccccc2)C1. The van der Waals surface area contributed by atoms with Crippen molar-refractivity contribution < 1.29 is 0 Å². The maximum atomic E-state index is 9.37. The first-order chi connectivity index (χ1) is 13.4. The summed E-state index contributed by atoms with van der Waals surface area (Å²) in [6.45, 7) is 0. The summed E-state index contributed by atoms with van der Waals surface area (Å²) >= 11 is 0. The molecule has 0 saturated heterocycles. The van der Waals surface area contributed by atoms with Crippen LogP contribution < -0.4 is 0 Å². The number of nitriles is 1. The molecular formula is C26H25N. The number of hydrogen-bond donors (Lipinski definition) is 0. The lowest BCUT2D eigenvalue weighted by molar-refractivity contribution is 0.256. The molecule has 1 fully saturated rings. The predicted molar refractivity (Wildman–Crippen MR) is 111 cm³/mol. The molecule has 1 aliphatic carbocycles. The van der Waals surface area contributed by atoms with Crippen LogP contribution in [0.3, 0.4) is 0 Å². The van der Waals surface area contributed by atoms with E-state index in [0.717, 1.165) is 12.8 Å². The minimum Gasteiger partial charge on any atom is -0.198 e. The molecule has 2 atom stereocenters. The monoisotopic (exact) mass is 351 g/mol. The van der Waals surface area contributed by atoms with Crippen LogP contribution in [-0.4, -0.2) is 0 Å². The topological polar surface area (TPSA) is 23.8 Å². The van der Waals surface area contributed by atoms with Gasteiger partial charge in [0.1, 0.15) is 0 Å². The molecule has 1 heteroatoms. The van der Waals surface area contributed by atoms with Gasteiger partial charge in [-0.25, -0.2) is 0 Å². The van der Waals surface area contributed by atoms with Crippen molar-refractivity contribution in [2.24, 2.45) is 5.92 Å². The standard InChI is InChI=1S/C26H25N/c27-17-16-20-18-24(21-10-4-1-5-11-21)26(23-14-8-3-9-15-23)25(19-20)22-12-6-2-7-13-22/h1-15,20,24-26H,16,18-19H2. The van der Waals surface area contributed by atoms with Gasteiger partial charge in [0.2, 0.25) is 0 Å². The van der Waals surface area contributed by atoms with Crippen molar-refractivity contribution in [2.75, 3.05) is 0 Å². The van der Waals surface area contributed by atoms with Crippen LogP contribution in [0.4, 0.5) is 0 Å². The fourth-order valence-corrected chi connectivity index (χ4v) is 4.91. The summed E-state index contributed by atoms with van der Waals surface area (Å²) in [7, 11) is 0. The maximum Gasteiger partial charge on any atom is 0.0624 e. The molecule has 0 radical (unpaired) electrons. The van der Waals surface area contributed by atoms with Crippen LogP contribution in [0, 0.1) is 17.2 Å². The lowest BCUT2D eigenvalue weighted by atomic mass is 9.61. The molecule has 0 spiro atoms. The van der Waals surface area contributed by atoms with Gasteiger partial charge >= 0.3 is 0 Å². The van der Waals surface area contributed by atoms with Crippen LogP contribution in [0.25, 0.3) is 0 Å². The van der Waals surface area contributed by atoms with Crippen molar-refractivity contribution in [3.63, 3.8) is 0 Å². The predicted octanol–water partition coefficient (Wildman–Crippen LogP) is 6.66. The van der Waals surface area contributed by atoms with E-state index >= 15 is 0 Å². The summed E-state index contributed by atoms with van der Waals surface area (Å²) in [6, 6.07) is 35.2. The quantitative estimate of drug-likeness (QED) is 0.515. The Hall–Kier alpha value is -2.85. The molecule has 0 aromatic heterocycles. The molecule has 4 rings (SSSR count). The van der Waals surface area contributed by atoms with Crippen LogP contribution >= 0.6 is 0 Å². The average Bonchev–Trinajstić information content (AvgIpc) is 2.75. The van der Waals surface area contributed by atoms with E-state index in [9.17, 15) is 5.26 Å². The van der Waals surface area contributed by atoms with E-state index < -0.39 is 0 Å². The van der Waals surface area contributed by atoms with E-state index in [1.54, 1.807) is 0 Å². The summed E-state index contributed by atoms with van der Waals surface area (Å²) in [4.78, 5) is 0. The molecule has 0 aliphatic heterocycles. The third-order valence-electron chi connectivity index (χ3n) is 6.06. The van der Waals surface area contributed by atoms with E-state index in [2.05, 4.69) is 97.1 Å². The summed E-state index contributed by atoms with van der Waals surface area (Å²) in [5, 5.41) is 9.37. The molecule has 27 heavy (non-hydrogen) atoms. The Bertz CT molecular complexity index is 830. The van der Waals surface area contributed by atoms with E-state index in [4.69, 9.17) is 0 Å². The minimum atomic E-state index is 0.436. The molecule has 1 aliphatic rings. The Morgan fingerprint density at radius 2 is 1.04 bits per heavy atom. The molecule has 1 nitrogen and oxygen atoms in total. The number of rotatable bonds is 4. The maximum absolute atomic E-state index is 9.37. The van der Waals surface area contributed by atoms with E-state index in [1.807, 2.05) is 0 Å². The number of benzene rings is 3. The van der Waals surface area contributed by atoms with Crippen molar-refractivity contribution in [3.05, 3.63) is 108 Å². The fraction of sp³-hybridized carbons (Fsp3) is 0.269. The summed E-state index contributed by atoms with van der Waals surface area (Å²) < 4.78 is 0. The zero-order valence-electron chi connectivity index (χ0n) is 15.5. The van der Waals surface area contributed by atoms with E-state index in [1.165, 1.54) is 16.7 Å². The smallest absolute Gasteiger partial charge is 0.0624 e. The second kappa shape index (κ2) is 8.23. The Morgan fingerprint density at radius 3 is 1.44 bits per heavy atom. The third kappa shape index (κ3) is 3.81. The van der Waals surface area contributed by atoms with Gasteiger partial charge in [0.05, 0.1) is 6.07 Å². The van der Waals surface area contributed by atoms with Gasteiger partial charge in [-0.2, -0.15) is 5.26 Å². The van der Waals surface area contributed by atoms with Crippen LogP contribution in [-0.2, 0) is 0 Å². The zero-order chi connectivity index (χ0) is 18.5. The second-order valence-corrected chi connectivity index (χ2v) is 7.67. The van der Waals surface area contributed by atoms with Gasteiger partial charge in [0.15, 0.2) is 0 Å². The molecule has 0 N–H and O–H groups in total. The third-order valence-corrected chi connectivity index (χ3v) is 6.06. The lowest BCUT2D eigenvalue weighted by Gasteiger charge is -2.42. The number of hydrogen-bond acceptors (Lipinski definition) is 1. The zero-order valence-corrected chi connectivity index (χ0v) is 15.5. The normalized spacial score (nSPS) is 24.9. The molecule has 134 valence electrons. The van der Waals surface area contributed by atoms with Crippen LogP contribution in [0.1, 0.15) is 53.7 Å². The Morgan fingerprint density at radius 1 is 0.630 bits per heavy atom. The first-order valence-corrected chi connectivity index (χ1v) is 9.88. The Balaban J connectivity index is 1.82. The van der Waals surface area contributed by atoms with E-state index in [0.29, 0.717) is 30.1 Å². The highest BCUT2D eigenvalue weighted by atomic mass is 14.4. The average molecular weight is 351 g/mol. The highest BCUT2D eigenvalue weighted by Gasteiger charge is 2.39. The Kier molecular flexibility index (Phi) is 5.35. The highest BCUT2D eigenvalue weighted by molar-refractivity contribution is 5.36. The summed E-state index contributed by atoms with van der Waals surface area (Å²) in [5.74, 6) is 1.76. The second-order valence-electron chi connectivity index (χ2n) is 7.67. The highest BCUT2D eigenvalue weighted by Crippen LogP contribution is 2.53. The van der Waals surface area contributed by atoms with Crippen molar-refractivity contribution in [1.82, 2.24) is 0 Å². The van der Waals surface area contributed by atoms with Crippen molar-refractivity contribution in [1.29, 1.82) is 5.26 Å². The first-order valence-electron chi connectivity index (χ1n) is 9.88. The van der Waals surface area contributed by atoms with Gasteiger partial charge in [-0.05, 0) is 53.2 Å². The molecule has 2 unspecified atom stereocenters. The van der Waals surface area contributed by atoms with Gasteiger partial charge in [-0.15, -0.1) is 0 Å². The van der Waals surface area contributed by atoms with Crippen molar-refractivity contribution >= 4 is 0 Å². The minimum absolute atomic E-state index is 0.436. The van der Waals surface area contributed by atoms with Gasteiger partial charge in [-0.3, -0.25) is 0 Å². The van der Waals surface area contributed by atoms with Crippen LogP contribution in [0.5, 0.6) is 0 Å². The summed E-state index contributed by atoms with van der Waals surface area (Å²) in [6.07, 6.45) is 2.81. The summed E-state index contributed by atoms with van der Waals surface area (Å²) in [5.41, 5.74) is 4.21. The Labute approximate surface area is 162 Å². The lowest BCUT2D eigenvalue weighted by Crippen LogP contribution is -2.29. The van der Waals surface area contributed by atoms with Crippen molar-refractivity contribution in [3.8, 4) is 6.07 Å². The molecule has 1 saturated carbocycles. The molecule has 0 bridgehead atoms. The molecule has 3 aromatic carbocycles. The van der Waals surface area contributed by atoms with Crippen molar-refractivity contribution in [2.45, 2.75) is 37.0 Å². The van der Waals surface area contributed by atoms with Crippen LogP contribution in [0.15, 0.2) is 91.0 Å². The molecular weight excluding hydrogens is 326 g/mol. The van der Waals surface area contributed by atoms with Gasteiger partial charge in [-0.1, -0.05) is 91.0 Å². The molecule has 3 aromatic rings. The van der Waals surface area contributed by atoms with Gasteiger partial charge < -0.3 is 0 Å².